The van der Waals surface area contributed by atoms with Gasteiger partial charge in [0, 0.05) is 34.7 Å². The molecule has 0 aliphatic heterocycles. The second kappa shape index (κ2) is 8.16. The third-order valence-electron chi connectivity index (χ3n) is 5.29. The Bertz CT molecular complexity index is 1190. The van der Waals surface area contributed by atoms with E-state index in [1.54, 1.807) is 26.1 Å². The molecule has 8 nitrogen and oxygen atoms in total. The van der Waals surface area contributed by atoms with Gasteiger partial charge in [-0.25, -0.2) is 10.5 Å². The van der Waals surface area contributed by atoms with E-state index >= 15 is 0 Å². The topological polar surface area (TPSA) is 111 Å². The van der Waals surface area contributed by atoms with E-state index in [-0.39, 0.29) is 18.5 Å². The molecule has 30 heavy (non-hydrogen) atoms. The molecule has 0 aliphatic rings. The molecule has 0 saturated heterocycles. The number of nitrogens with zero attached hydrogens (tertiary/aromatic N) is 3. The Morgan fingerprint density at radius 1 is 1.23 bits per heavy atom. The molecule has 0 atom stereocenters. The summed E-state index contributed by atoms with van der Waals surface area (Å²) in [6, 6.07) is 5.75. The number of aromatic nitrogens is 2. The van der Waals surface area contributed by atoms with Gasteiger partial charge in [0.2, 0.25) is 0 Å². The van der Waals surface area contributed by atoms with Crippen LogP contribution in [0.3, 0.4) is 0 Å². The molecule has 3 aromatic rings. The first-order chi connectivity index (χ1) is 14.1. The van der Waals surface area contributed by atoms with Crippen LogP contribution in [0.1, 0.15) is 46.9 Å². The van der Waals surface area contributed by atoms with Crippen LogP contribution >= 0.6 is 15.9 Å². The number of hydrogen-bond acceptors (Lipinski definition) is 5. The number of hydrazine groups is 1. The second-order valence-electron chi connectivity index (χ2n) is 7.71. The number of carbonyl (C=O) groups excluding carboxylic acids is 1. The fourth-order valence-corrected chi connectivity index (χ4v) is 4.16. The summed E-state index contributed by atoms with van der Waals surface area (Å²) in [5.41, 5.74) is 3.10. The van der Waals surface area contributed by atoms with Gasteiger partial charge in [-0.2, -0.15) is 0 Å². The molecule has 1 aromatic carbocycles. The van der Waals surface area contributed by atoms with Crippen molar-refractivity contribution >= 4 is 38.6 Å². The third-order valence-corrected chi connectivity index (χ3v) is 5.74. The summed E-state index contributed by atoms with van der Waals surface area (Å²) in [7, 11) is 1.68. The number of anilines is 1. The summed E-state index contributed by atoms with van der Waals surface area (Å²) in [5, 5.41) is 4.79. The van der Waals surface area contributed by atoms with Gasteiger partial charge in [0.05, 0.1) is 17.6 Å². The maximum absolute atomic E-state index is 13.3. The van der Waals surface area contributed by atoms with Gasteiger partial charge >= 0.3 is 0 Å². The molecule has 2 aromatic heterocycles. The van der Waals surface area contributed by atoms with Gasteiger partial charge in [-0.3, -0.25) is 14.6 Å². The molecule has 0 radical (unpaired) electrons. The van der Waals surface area contributed by atoms with Gasteiger partial charge in [-0.05, 0) is 57.0 Å². The molecule has 1 amide bonds. The molecule has 3 rings (SSSR count). The van der Waals surface area contributed by atoms with Crippen LogP contribution in [-0.4, -0.2) is 27.2 Å². The number of nitrogens with one attached hydrogen (secondary N) is 1. The van der Waals surface area contributed by atoms with E-state index in [0.717, 1.165) is 30.6 Å². The molecule has 0 fully saturated rings. The minimum Gasteiger partial charge on any atom is -0.373 e. The van der Waals surface area contributed by atoms with Crippen LogP contribution in [0.5, 0.6) is 0 Å². The number of aryl methyl sites for hydroxylation is 2. The molecular weight excluding hydrogens is 448 g/mol. The lowest BCUT2D eigenvalue weighted by atomic mass is 10.1. The Kier molecular flexibility index (Phi) is 5.96. The predicted octanol–water partition coefficient (Wildman–Crippen LogP) is 3.03. The molecule has 5 N–H and O–H groups in total. The number of amides is 1. The normalized spacial score (nSPS) is 11.3. The van der Waals surface area contributed by atoms with Crippen LogP contribution in [0.2, 0.25) is 0 Å². The number of benzene rings is 1. The van der Waals surface area contributed by atoms with Crippen LogP contribution in [0.4, 0.5) is 5.82 Å². The van der Waals surface area contributed by atoms with Crippen molar-refractivity contribution in [1.29, 1.82) is 0 Å². The van der Waals surface area contributed by atoms with E-state index in [9.17, 15) is 9.59 Å². The quantitative estimate of drug-likeness (QED) is 0.299. The Hall–Kier alpha value is -2.78. The van der Waals surface area contributed by atoms with Crippen molar-refractivity contribution in [3.8, 4) is 0 Å². The third kappa shape index (κ3) is 3.70. The summed E-state index contributed by atoms with van der Waals surface area (Å²) < 4.78 is 3.93. The Balaban J connectivity index is 2.05. The lowest BCUT2D eigenvalue weighted by Crippen LogP contribution is -2.41. The zero-order chi connectivity index (χ0) is 22.3. The number of hydrogen-bond donors (Lipinski definition) is 3. The monoisotopic (exact) mass is 474 g/mol. The molecule has 0 unspecified atom stereocenters. The van der Waals surface area contributed by atoms with Crippen LogP contribution in [0.15, 0.2) is 33.7 Å². The van der Waals surface area contributed by atoms with E-state index < -0.39 is 5.56 Å². The first-order valence-corrected chi connectivity index (χ1v) is 10.4. The summed E-state index contributed by atoms with van der Waals surface area (Å²) >= 11 is 3.51. The number of fused-ring (bicyclic) bond motifs is 1. The van der Waals surface area contributed by atoms with Gasteiger partial charge in [0.25, 0.3) is 11.5 Å². The fraction of sp³-hybridized carbons (Fsp3) is 0.333. The SMILES string of the molecule is CNc1cc(C)c(CN(N)C(=O)c2cc(Br)cc3c2c(C)cn3C(C)C)c(=O)n1N. The van der Waals surface area contributed by atoms with E-state index in [1.807, 2.05) is 19.2 Å². The molecule has 2 heterocycles. The van der Waals surface area contributed by atoms with Crippen LogP contribution in [-0.2, 0) is 6.54 Å². The smallest absolute Gasteiger partial charge is 0.275 e. The summed E-state index contributed by atoms with van der Waals surface area (Å²) in [4.78, 5) is 26.0. The first-order valence-electron chi connectivity index (χ1n) is 9.62. The molecule has 9 heteroatoms. The first kappa shape index (κ1) is 21.9. The molecule has 0 aliphatic carbocycles. The minimum absolute atomic E-state index is 0.0529. The average Bonchev–Trinajstić information content (AvgIpc) is 3.03. The largest absolute Gasteiger partial charge is 0.373 e. The molecule has 160 valence electrons. The van der Waals surface area contributed by atoms with Gasteiger partial charge in [0.1, 0.15) is 5.82 Å². The Morgan fingerprint density at radius 3 is 2.50 bits per heavy atom. The molecule has 0 bridgehead atoms. The van der Waals surface area contributed by atoms with Gasteiger partial charge in [-0.1, -0.05) is 15.9 Å². The van der Waals surface area contributed by atoms with E-state index in [2.05, 4.69) is 39.7 Å². The number of carbonyl (C=O) groups is 1. The van der Waals surface area contributed by atoms with Crippen LogP contribution in [0.25, 0.3) is 10.9 Å². The van der Waals surface area contributed by atoms with Crippen molar-refractivity contribution in [3.63, 3.8) is 0 Å². The average molecular weight is 475 g/mol. The number of pyridine rings is 1. The zero-order valence-electron chi connectivity index (χ0n) is 17.8. The van der Waals surface area contributed by atoms with E-state index in [0.29, 0.717) is 22.5 Å². The number of nitrogen functional groups attached to an aromatic ring is 1. The lowest BCUT2D eigenvalue weighted by Gasteiger charge is -2.20. The van der Waals surface area contributed by atoms with Gasteiger partial charge in [0.15, 0.2) is 0 Å². The standard InChI is InChI=1S/C21H27BrN6O2/c1-11(2)26-9-13(4)19-15(7-14(22)8-17(19)26)20(29)27(23)10-16-12(3)6-18(25-5)28(24)21(16)30/h6-9,11,25H,10,23-24H2,1-5H3. The van der Waals surface area contributed by atoms with Crippen molar-refractivity contribution in [2.45, 2.75) is 40.3 Å². The number of nitrogens with two attached hydrogens (primary N) is 2. The molecule has 0 spiro atoms. The van der Waals surface area contributed by atoms with E-state index in [1.165, 1.54) is 0 Å². The number of rotatable bonds is 5. The van der Waals surface area contributed by atoms with Gasteiger partial charge in [-0.15, -0.1) is 0 Å². The highest BCUT2D eigenvalue weighted by atomic mass is 79.9. The fourth-order valence-electron chi connectivity index (χ4n) is 3.72. The molecular formula is C21H27BrN6O2. The summed E-state index contributed by atoms with van der Waals surface area (Å²) in [5.74, 6) is 12.1. The zero-order valence-corrected chi connectivity index (χ0v) is 19.4. The predicted molar refractivity (Wildman–Crippen MR) is 124 cm³/mol. The van der Waals surface area contributed by atoms with Crippen LogP contribution < -0.4 is 22.6 Å². The van der Waals surface area contributed by atoms with Crippen molar-refractivity contribution in [2.24, 2.45) is 5.84 Å². The van der Waals surface area contributed by atoms with Crippen molar-refractivity contribution in [1.82, 2.24) is 14.3 Å². The van der Waals surface area contributed by atoms with Crippen molar-refractivity contribution in [2.75, 3.05) is 18.2 Å². The van der Waals surface area contributed by atoms with Crippen molar-refractivity contribution in [3.05, 3.63) is 61.5 Å². The van der Waals surface area contributed by atoms with E-state index in [4.69, 9.17) is 11.7 Å². The summed E-state index contributed by atoms with van der Waals surface area (Å²) in [6.45, 7) is 7.89. The Labute approximate surface area is 183 Å². The Morgan fingerprint density at radius 2 is 1.90 bits per heavy atom. The highest BCUT2D eigenvalue weighted by Crippen LogP contribution is 2.31. The number of halogens is 1. The lowest BCUT2D eigenvalue weighted by molar-refractivity contribution is 0.0744. The maximum Gasteiger partial charge on any atom is 0.275 e. The minimum atomic E-state index is -0.399. The van der Waals surface area contributed by atoms with Gasteiger partial charge < -0.3 is 15.7 Å². The van der Waals surface area contributed by atoms with Crippen molar-refractivity contribution < 1.29 is 4.79 Å². The summed E-state index contributed by atoms with van der Waals surface area (Å²) in [6.07, 6.45) is 2.03. The maximum atomic E-state index is 13.3. The van der Waals surface area contributed by atoms with Crippen LogP contribution in [0, 0.1) is 13.8 Å². The molecule has 0 saturated carbocycles. The highest BCUT2D eigenvalue weighted by Gasteiger charge is 2.22. The highest BCUT2D eigenvalue weighted by molar-refractivity contribution is 9.10. The second-order valence-corrected chi connectivity index (χ2v) is 8.63.